The van der Waals surface area contributed by atoms with Gasteiger partial charge < -0.3 is 5.32 Å². The summed E-state index contributed by atoms with van der Waals surface area (Å²) in [6.07, 6.45) is 2.47. The van der Waals surface area contributed by atoms with E-state index in [0.717, 1.165) is 6.54 Å². The molecule has 1 nitrogen and oxygen atoms in total. The fourth-order valence-corrected chi connectivity index (χ4v) is 3.59. The fourth-order valence-electron chi connectivity index (χ4n) is 3.59. The third-order valence-corrected chi connectivity index (χ3v) is 5.03. The Balaban J connectivity index is 2.14. The Morgan fingerprint density at radius 2 is 1.68 bits per heavy atom. The van der Waals surface area contributed by atoms with Crippen molar-refractivity contribution in [1.82, 2.24) is 0 Å². The number of para-hydroxylation sites is 1. The van der Waals surface area contributed by atoms with Crippen LogP contribution in [0.2, 0.25) is 0 Å². The van der Waals surface area contributed by atoms with Crippen molar-refractivity contribution in [3.05, 3.63) is 51.6 Å². The lowest BCUT2D eigenvalue weighted by Gasteiger charge is -2.26. The van der Waals surface area contributed by atoms with Gasteiger partial charge in [-0.1, -0.05) is 29.3 Å². The van der Waals surface area contributed by atoms with Crippen LogP contribution in [0.5, 0.6) is 0 Å². The maximum atomic E-state index is 3.63. The molecule has 0 unspecified atom stereocenters. The van der Waals surface area contributed by atoms with E-state index in [1.165, 1.54) is 51.9 Å². The van der Waals surface area contributed by atoms with Crippen LogP contribution in [0.1, 0.15) is 51.2 Å². The predicted octanol–water partition coefficient (Wildman–Crippen LogP) is 4.81. The van der Waals surface area contributed by atoms with Crippen molar-refractivity contribution >= 4 is 5.69 Å². The lowest BCUT2D eigenvalue weighted by Crippen LogP contribution is -2.15. The predicted molar refractivity (Wildman–Crippen MR) is 82.7 cm³/mol. The van der Waals surface area contributed by atoms with Crippen molar-refractivity contribution in [2.75, 3.05) is 11.9 Å². The van der Waals surface area contributed by atoms with Gasteiger partial charge in [0.15, 0.2) is 0 Å². The van der Waals surface area contributed by atoms with Crippen LogP contribution in [0, 0.1) is 0 Å². The molecule has 1 N–H and O–H groups in total. The fraction of sp³-hybridized carbons (Fsp3) is 0.444. The third kappa shape index (κ3) is 1.83. The highest BCUT2D eigenvalue weighted by Gasteiger charge is 2.28. The van der Waals surface area contributed by atoms with Crippen molar-refractivity contribution in [2.24, 2.45) is 0 Å². The molecule has 19 heavy (non-hydrogen) atoms. The zero-order valence-electron chi connectivity index (χ0n) is 12.4. The maximum Gasteiger partial charge on any atom is 0.0414 e. The van der Waals surface area contributed by atoms with Gasteiger partial charge in [0, 0.05) is 18.2 Å². The van der Waals surface area contributed by atoms with Gasteiger partial charge in [0.1, 0.15) is 0 Å². The molecule has 0 aromatic heterocycles. The van der Waals surface area contributed by atoms with E-state index in [0.29, 0.717) is 5.92 Å². The van der Waals surface area contributed by atoms with Crippen LogP contribution < -0.4 is 5.32 Å². The summed E-state index contributed by atoms with van der Waals surface area (Å²) < 4.78 is 0. The van der Waals surface area contributed by atoms with Gasteiger partial charge in [-0.15, -0.1) is 0 Å². The second kappa shape index (κ2) is 4.56. The number of hydrogen-bond acceptors (Lipinski definition) is 1. The molecule has 0 atom stereocenters. The number of nitrogens with one attached hydrogen (secondary N) is 1. The number of aryl methyl sites for hydroxylation is 1. The first-order valence-electron chi connectivity index (χ1n) is 7.32. The summed E-state index contributed by atoms with van der Waals surface area (Å²) in [6, 6.07) is 6.81. The minimum Gasteiger partial charge on any atom is -0.385 e. The average molecular weight is 253 g/mol. The van der Waals surface area contributed by atoms with Crippen molar-refractivity contribution in [1.29, 1.82) is 0 Å². The highest BCUT2D eigenvalue weighted by Crippen LogP contribution is 2.46. The molecule has 0 saturated carbocycles. The van der Waals surface area contributed by atoms with Gasteiger partial charge in [-0.2, -0.15) is 0 Å². The second-order valence-electron chi connectivity index (χ2n) is 5.96. The van der Waals surface area contributed by atoms with Gasteiger partial charge in [0.05, 0.1) is 0 Å². The van der Waals surface area contributed by atoms with E-state index in [9.17, 15) is 0 Å². The van der Waals surface area contributed by atoms with Crippen molar-refractivity contribution in [2.45, 2.75) is 46.5 Å². The third-order valence-electron chi connectivity index (χ3n) is 5.03. The van der Waals surface area contributed by atoms with Gasteiger partial charge in [0.25, 0.3) is 0 Å². The molecule has 1 heterocycles. The van der Waals surface area contributed by atoms with Crippen LogP contribution in [0.4, 0.5) is 5.69 Å². The second-order valence-corrected chi connectivity index (χ2v) is 5.96. The Bertz CT molecular complexity index is 566. The molecule has 1 aromatic carbocycles. The Hall–Kier alpha value is -1.50. The van der Waals surface area contributed by atoms with Gasteiger partial charge >= 0.3 is 0 Å². The first-order chi connectivity index (χ1) is 9.11. The standard InChI is InChI=1S/C18H23N/c1-11-12(2)14(4)17(13(11)3)16-9-5-7-15-8-6-10-19-18(15)16/h5,7,9,17,19H,6,8,10H2,1-4H3. The monoisotopic (exact) mass is 253 g/mol. The van der Waals surface area contributed by atoms with E-state index in [-0.39, 0.29) is 0 Å². The minimum absolute atomic E-state index is 0.487. The molecular formula is C18H23N. The number of benzene rings is 1. The molecule has 1 aliphatic carbocycles. The molecule has 0 bridgehead atoms. The van der Waals surface area contributed by atoms with Crippen LogP contribution in [0.3, 0.4) is 0 Å². The summed E-state index contributed by atoms with van der Waals surface area (Å²) in [5.41, 5.74) is 10.4. The Labute approximate surface area is 116 Å². The highest BCUT2D eigenvalue weighted by molar-refractivity contribution is 5.66. The Kier molecular flexibility index (Phi) is 3.00. The van der Waals surface area contributed by atoms with E-state index in [2.05, 4.69) is 51.2 Å². The van der Waals surface area contributed by atoms with E-state index >= 15 is 0 Å². The van der Waals surface area contributed by atoms with Gasteiger partial charge in [-0.25, -0.2) is 0 Å². The van der Waals surface area contributed by atoms with Gasteiger partial charge in [-0.3, -0.25) is 0 Å². The molecule has 1 aliphatic heterocycles. The highest BCUT2D eigenvalue weighted by atomic mass is 14.9. The topological polar surface area (TPSA) is 12.0 Å². The van der Waals surface area contributed by atoms with E-state index in [4.69, 9.17) is 0 Å². The first kappa shape index (κ1) is 12.5. The molecule has 0 saturated heterocycles. The molecule has 0 amide bonds. The average Bonchev–Trinajstić information content (AvgIpc) is 2.63. The number of hydrogen-bond donors (Lipinski definition) is 1. The first-order valence-corrected chi connectivity index (χ1v) is 7.32. The summed E-state index contributed by atoms with van der Waals surface area (Å²) in [5, 5.41) is 3.63. The largest absolute Gasteiger partial charge is 0.385 e. The molecule has 1 aromatic rings. The normalized spacial score (nSPS) is 19.8. The van der Waals surface area contributed by atoms with E-state index < -0.39 is 0 Å². The molecule has 2 aliphatic rings. The van der Waals surface area contributed by atoms with Crippen LogP contribution in [0.15, 0.2) is 40.5 Å². The lowest BCUT2D eigenvalue weighted by molar-refractivity contribution is 0.816. The molecule has 0 radical (unpaired) electrons. The quantitative estimate of drug-likeness (QED) is 0.757. The number of allylic oxidation sites excluding steroid dienone is 4. The van der Waals surface area contributed by atoms with Gasteiger partial charge in [0.2, 0.25) is 0 Å². The summed E-state index contributed by atoms with van der Waals surface area (Å²) in [4.78, 5) is 0. The molecule has 100 valence electrons. The lowest BCUT2D eigenvalue weighted by atomic mass is 9.85. The molecule has 0 fully saturated rings. The number of rotatable bonds is 1. The Morgan fingerprint density at radius 3 is 2.37 bits per heavy atom. The molecular weight excluding hydrogens is 230 g/mol. The van der Waals surface area contributed by atoms with E-state index in [1.54, 1.807) is 0 Å². The zero-order valence-corrected chi connectivity index (χ0v) is 12.4. The molecule has 0 spiro atoms. The Morgan fingerprint density at radius 1 is 1.00 bits per heavy atom. The van der Waals surface area contributed by atoms with Crippen molar-refractivity contribution in [3.63, 3.8) is 0 Å². The van der Waals surface area contributed by atoms with Gasteiger partial charge in [-0.05, 0) is 62.8 Å². The maximum absolute atomic E-state index is 3.63. The van der Waals surface area contributed by atoms with E-state index in [1.807, 2.05) is 0 Å². The van der Waals surface area contributed by atoms with Crippen molar-refractivity contribution in [3.8, 4) is 0 Å². The van der Waals surface area contributed by atoms with Crippen LogP contribution >= 0.6 is 0 Å². The number of anilines is 1. The van der Waals surface area contributed by atoms with Crippen LogP contribution in [-0.2, 0) is 6.42 Å². The molecule has 1 heteroatoms. The summed E-state index contributed by atoms with van der Waals surface area (Å²) >= 11 is 0. The minimum atomic E-state index is 0.487. The smallest absolute Gasteiger partial charge is 0.0414 e. The summed E-state index contributed by atoms with van der Waals surface area (Å²) in [5.74, 6) is 0.487. The number of fused-ring (bicyclic) bond motifs is 1. The zero-order chi connectivity index (χ0) is 13.6. The van der Waals surface area contributed by atoms with Crippen LogP contribution in [0.25, 0.3) is 0 Å². The SMILES string of the molecule is CC1=C(C)C(c2cccc3c2NCCC3)C(C)=C1C. The summed E-state index contributed by atoms with van der Waals surface area (Å²) in [6.45, 7) is 10.2. The van der Waals surface area contributed by atoms with Crippen LogP contribution in [-0.4, -0.2) is 6.54 Å². The van der Waals surface area contributed by atoms with Crippen molar-refractivity contribution < 1.29 is 0 Å². The summed E-state index contributed by atoms with van der Waals surface area (Å²) in [7, 11) is 0. The molecule has 3 rings (SSSR count).